The molecular weight excluding hydrogens is 202 g/mol. The zero-order valence-electron chi connectivity index (χ0n) is 9.73. The van der Waals surface area contributed by atoms with Gasteiger partial charge >= 0.3 is 0 Å². The van der Waals surface area contributed by atoms with E-state index in [0.717, 1.165) is 18.8 Å². The molecule has 0 saturated heterocycles. The van der Waals surface area contributed by atoms with E-state index in [-0.39, 0.29) is 6.10 Å². The molecule has 3 heteroatoms. The number of aliphatic hydroxyl groups excluding tert-OH is 1. The summed E-state index contributed by atoms with van der Waals surface area (Å²) in [6.07, 6.45) is 1.46. The molecule has 0 spiro atoms. The van der Waals surface area contributed by atoms with Gasteiger partial charge in [0.2, 0.25) is 0 Å². The number of benzene rings is 1. The molecule has 0 fully saturated rings. The Balaban J connectivity index is 2.43. The van der Waals surface area contributed by atoms with E-state index in [1.54, 1.807) is 13.0 Å². The Hall–Kier alpha value is -1.32. The molecule has 1 atom stereocenters. The Morgan fingerprint density at radius 2 is 2.38 bits per heavy atom. The monoisotopic (exact) mass is 222 g/mol. The molecule has 0 heterocycles. The van der Waals surface area contributed by atoms with Gasteiger partial charge in [-0.2, -0.15) is 0 Å². The molecule has 0 aliphatic rings. The van der Waals surface area contributed by atoms with E-state index in [1.165, 1.54) is 5.56 Å². The van der Waals surface area contributed by atoms with Gasteiger partial charge in [-0.3, -0.25) is 0 Å². The van der Waals surface area contributed by atoms with E-state index in [9.17, 15) is 0 Å². The van der Waals surface area contributed by atoms with Crippen molar-refractivity contribution in [2.45, 2.75) is 19.6 Å². The van der Waals surface area contributed by atoms with Gasteiger partial charge < -0.3 is 15.2 Å². The van der Waals surface area contributed by atoms with Crippen molar-refractivity contribution in [3.8, 4) is 5.75 Å². The van der Waals surface area contributed by atoms with Crippen molar-refractivity contribution in [1.82, 2.24) is 0 Å². The van der Waals surface area contributed by atoms with Crippen molar-refractivity contribution in [2.24, 2.45) is 0 Å². The minimum atomic E-state index is -0.264. The third-order valence-corrected chi connectivity index (χ3v) is 2.15. The molecule has 16 heavy (non-hydrogen) atoms. The van der Waals surface area contributed by atoms with Gasteiger partial charge in [-0.15, -0.1) is 0 Å². The summed E-state index contributed by atoms with van der Waals surface area (Å²) < 4.78 is 5.44. The first-order valence-electron chi connectivity index (χ1n) is 5.54. The van der Waals surface area contributed by atoms with Crippen molar-refractivity contribution in [2.75, 3.05) is 13.2 Å². The fourth-order valence-electron chi connectivity index (χ4n) is 1.41. The third kappa shape index (κ3) is 4.96. The standard InChI is InChI=1S/C13H19NO2/c1-3-7-16-13-6-4-5-12(8-13)10-14-9-11(2)15/h3-6,8,11,14-15H,1,7,9-10H2,2H3/p+1/t11-/m1/s1. The van der Waals surface area contributed by atoms with Crippen molar-refractivity contribution in [3.63, 3.8) is 0 Å². The number of hydrogen-bond acceptors (Lipinski definition) is 2. The zero-order chi connectivity index (χ0) is 11.8. The van der Waals surface area contributed by atoms with Crippen molar-refractivity contribution in [3.05, 3.63) is 42.5 Å². The van der Waals surface area contributed by atoms with Crippen LogP contribution in [0.5, 0.6) is 5.75 Å². The van der Waals surface area contributed by atoms with Crippen molar-refractivity contribution in [1.29, 1.82) is 0 Å². The van der Waals surface area contributed by atoms with E-state index < -0.39 is 0 Å². The predicted molar refractivity (Wildman–Crippen MR) is 64.3 cm³/mol. The largest absolute Gasteiger partial charge is 0.490 e. The SMILES string of the molecule is C=CCOc1cccc(C[NH2+]C[C@@H](C)O)c1. The molecule has 0 bridgehead atoms. The van der Waals surface area contributed by atoms with E-state index in [2.05, 4.69) is 18.0 Å². The average molecular weight is 222 g/mol. The molecular formula is C13H20NO2+. The summed E-state index contributed by atoms with van der Waals surface area (Å²) in [7, 11) is 0. The maximum Gasteiger partial charge on any atom is 0.120 e. The molecule has 0 amide bonds. The maximum absolute atomic E-state index is 9.13. The van der Waals surface area contributed by atoms with Crippen LogP contribution in [0.25, 0.3) is 0 Å². The summed E-state index contributed by atoms with van der Waals surface area (Å²) in [6, 6.07) is 7.98. The lowest BCUT2D eigenvalue weighted by Gasteiger charge is -2.06. The Morgan fingerprint density at radius 1 is 1.56 bits per heavy atom. The molecule has 1 rings (SSSR count). The van der Waals surface area contributed by atoms with Crippen LogP contribution in [0.15, 0.2) is 36.9 Å². The summed E-state index contributed by atoms with van der Waals surface area (Å²) in [5.74, 6) is 0.864. The highest BCUT2D eigenvalue weighted by atomic mass is 16.5. The van der Waals surface area contributed by atoms with Crippen LogP contribution in [0.4, 0.5) is 0 Å². The molecule has 0 aliphatic carbocycles. The van der Waals surface area contributed by atoms with Crippen LogP contribution in [0, 0.1) is 0 Å². The number of nitrogens with two attached hydrogens (primary N) is 1. The number of rotatable bonds is 7. The van der Waals surface area contributed by atoms with Gasteiger partial charge in [-0.1, -0.05) is 24.8 Å². The molecule has 1 aromatic rings. The van der Waals surface area contributed by atoms with E-state index in [1.807, 2.05) is 18.2 Å². The molecule has 3 N–H and O–H groups in total. The topological polar surface area (TPSA) is 46.1 Å². The van der Waals surface area contributed by atoms with Crippen LogP contribution in [0.1, 0.15) is 12.5 Å². The molecule has 0 aliphatic heterocycles. The van der Waals surface area contributed by atoms with E-state index in [0.29, 0.717) is 6.61 Å². The Labute approximate surface area is 96.8 Å². The van der Waals surface area contributed by atoms with Gasteiger partial charge in [0.05, 0.1) is 6.10 Å². The van der Waals surface area contributed by atoms with Crippen LogP contribution in [-0.4, -0.2) is 24.4 Å². The molecule has 0 unspecified atom stereocenters. The fourth-order valence-corrected chi connectivity index (χ4v) is 1.41. The Kier molecular flexibility index (Phi) is 5.61. The first kappa shape index (κ1) is 12.7. The van der Waals surface area contributed by atoms with Gasteiger partial charge in [0.25, 0.3) is 0 Å². The highest BCUT2D eigenvalue weighted by molar-refractivity contribution is 5.28. The summed E-state index contributed by atoms with van der Waals surface area (Å²) in [4.78, 5) is 0. The maximum atomic E-state index is 9.13. The van der Waals surface area contributed by atoms with Gasteiger partial charge in [-0.05, 0) is 19.1 Å². The number of hydrogen-bond donors (Lipinski definition) is 2. The first-order valence-corrected chi connectivity index (χ1v) is 5.54. The summed E-state index contributed by atoms with van der Waals surface area (Å²) in [6.45, 7) is 7.51. The summed E-state index contributed by atoms with van der Waals surface area (Å²) in [5.41, 5.74) is 1.20. The number of quaternary nitrogens is 1. The van der Waals surface area contributed by atoms with Crippen LogP contribution in [0.2, 0.25) is 0 Å². The minimum Gasteiger partial charge on any atom is -0.490 e. The normalized spacial score (nSPS) is 12.1. The zero-order valence-corrected chi connectivity index (χ0v) is 9.73. The van der Waals surface area contributed by atoms with Crippen LogP contribution in [-0.2, 0) is 6.54 Å². The molecule has 1 aromatic carbocycles. The number of aliphatic hydroxyl groups is 1. The first-order chi connectivity index (χ1) is 7.72. The lowest BCUT2D eigenvalue weighted by atomic mass is 10.2. The Bertz CT molecular complexity index is 323. The second kappa shape index (κ2) is 7.04. The second-order valence-electron chi connectivity index (χ2n) is 3.82. The smallest absolute Gasteiger partial charge is 0.120 e. The third-order valence-electron chi connectivity index (χ3n) is 2.15. The highest BCUT2D eigenvalue weighted by Gasteiger charge is 2.00. The van der Waals surface area contributed by atoms with Crippen molar-refractivity contribution >= 4 is 0 Å². The van der Waals surface area contributed by atoms with Gasteiger partial charge in [-0.25, -0.2) is 0 Å². The van der Waals surface area contributed by atoms with Crippen LogP contribution in [0.3, 0.4) is 0 Å². The van der Waals surface area contributed by atoms with Crippen LogP contribution >= 0.6 is 0 Å². The minimum absolute atomic E-state index is 0.264. The van der Waals surface area contributed by atoms with E-state index in [4.69, 9.17) is 9.84 Å². The highest BCUT2D eigenvalue weighted by Crippen LogP contribution is 2.12. The molecule has 0 radical (unpaired) electrons. The van der Waals surface area contributed by atoms with E-state index >= 15 is 0 Å². The van der Waals surface area contributed by atoms with Gasteiger partial charge in [0.1, 0.15) is 25.4 Å². The Morgan fingerprint density at radius 3 is 3.06 bits per heavy atom. The predicted octanol–water partition coefficient (Wildman–Crippen LogP) is 0.696. The van der Waals surface area contributed by atoms with Crippen LogP contribution < -0.4 is 10.1 Å². The lowest BCUT2D eigenvalue weighted by molar-refractivity contribution is -0.676. The molecule has 88 valence electrons. The van der Waals surface area contributed by atoms with Gasteiger partial charge in [0.15, 0.2) is 0 Å². The lowest BCUT2D eigenvalue weighted by Crippen LogP contribution is -2.84. The van der Waals surface area contributed by atoms with Gasteiger partial charge in [0, 0.05) is 5.56 Å². The molecule has 3 nitrogen and oxygen atoms in total. The number of ether oxygens (including phenoxy) is 1. The quantitative estimate of drug-likeness (QED) is 0.667. The second-order valence-corrected chi connectivity index (χ2v) is 3.82. The van der Waals surface area contributed by atoms with Crippen molar-refractivity contribution < 1.29 is 15.2 Å². The summed E-state index contributed by atoms with van der Waals surface area (Å²) >= 11 is 0. The molecule has 0 saturated carbocycles. The summed E-state index contributed by atoms with van der Waals surface area (Å²) in [5, 5.41) is 11.2. The fraction of sp³-hybridized carbons (Fsp3) is 0.385. The molecule has 0 aromatic heterocycles. The average Bonchev–Trinajstić information content (AvgIpc) is 2.26.